The Hall–Kier alpha value is -4.31. The van der Waals surface area contributed by atoms with Gasteiger partial charge in [-0.1, -0.05) is 30.3 Å². The maximum atomic E-state index is 12.5. The van der Waals surface area contributed by atoms with Crippen molar-refractivity contribution in [3.05, 3.63) is 89.2 Å². The molecule has 0 saturated heterocycles. The van der Waals surface area contributed by atoms with E-state index in [9.17, 15) is 14.4 Å². The Labute approximate surface area is 167 Å². The minimum atomic E-state index is -0.541. The third-order valence-corrected chi connectivity index (χ3v) is 4.04. The van der Waals surface area contributed by atoms with Crippen LogP contribution >= 0.6 is 0 Å². The SMILES string of the molecule is CC(=O)c1cccc(NC(=O)c2cccc(C(=O)Nc3ccccc3C#N)n2)c1. The van der Waals surface area contributed by atoms with Crippen molar-refractivity contribution in [2.75, 3.05) is 10.6 Å². The molecule has 3 aromatic rings. The largest absolute Gasteiger partial charge is 0.321 e. The number of rotatable bonds is 5. The highest BCUT2D eigenvalue weighted by molar-refractivity contribution is 6.07. The Morgan fingerprint density at radius 1 is 0.862 bits per heavy atom. The lowest BCUT2D eigenvalue weighted by molar-refractivity contribution is 0.100. The van der Waals surface area contributed by atoms with Crippen LogP contribution < -0.4 is 10.6 Å². The van der Waals surface area contributed by atoms with Crippen LogP contribution in [-0.2, 0) is 0 Å². The van der Waals surface area contributed by atoms with Gasteiger partial charge in [-0.05, 0) is 43.3 Å². The minimum absolute atomic E-state index is 0.0304. The maximum absolute atomic E-state index is 12.5. The van der Waals surface area contributed by atoms with Crippen molar-refractivity contribution in [3.63, 3.8) is 0 Å². The van der Waals surface area contributed by atoms with Crippen molar-refractivity contribution in [3.8, 4) is 6.07 Å². The fraction of sp³-hybridized carbons (Fsp3) is 0.0455. The average molecular weight is 384 g/mol. The minimum Gasteiger partial charge on any atom is -0.321 e. The third-order valence-electron chi connectivity index (χ3n) is 4.04. The van der Waals surface area contributed by atoms with Gasteiger partial charge < -0.3 is 10.6 Å². The molecule has 2 N–H and O–H groups in total. The number of amides is 2. The van der Waals surface area contributed by atoms with Gasteiger partial charge >= 0.3 is 0 Å². The highest BCUT2D eigenvalue weighted by atomic mass is 16.2. The lowest BCUT2D eigenvalue weighted by atomic mass is 10.1. The zero-order chi connectivity index (χ0) is 20.8. The molecule has 0 atom stereocenters. The molecule has 0 saturated carbocycles. The topological polar surface area (TPSA) is 112 Å². The molecule has 0 radical (unpaired) electrons. The molecule has 29 heavy (non-hydrogen) atoms. The van der Waals surface area contributed by atoms with Gasteiger partial charge in [-0.2, -0.15) is 5.26 Å². The van der Waals surface area contributed by atoms with E-state index >= 15 is 0 Å². The first kappa shape index (κ1) is 19.5. The summed E-state index contributed by atoms with van der Waals surface area (Å²) in [6.45, 7) is 1.44. The predicted molar refractivity (Wildman–Crippen MR) is 108 cm³/mol. The summed E-state index contributed by atoms with van der Waals surface area (Å²) >= 11 is 0. The number of benzene rings is 2. The van der Waals surface area contributed by atoms with Crippen LogP contribution in [0.1, 0.15) is 43.8 Å². The summed E-state index contributed by atoms with van der Waals surface area (Å²) in [6.07, 6.45) is 0. The zero-order valence-electron chi connectivity index (χ0n) is 15.5. The molecule has 0 spiro atoms. The van der Waals surface area contributed by atoms with Crippen molar-refractivity contribution in [2.24, 2.45) is 0 Å². The van der Waals surface area contributed by atoms with E-state index < -0.39 is 11.8 Å². The third kappa shape index (κ3) is 4.70. The van der Waals surface area contributed by atoms with E-state index in [2.05, 4.69) is 15.6 Å². The molecule has 1 aromatic heterocycles. The summed E-state index contributed by atoms with van der Waals surface area (Å²) in [5, 5.41) is 14.4. The first-order valence-electron chi connectivity index (χ1n) is 8.68. The van der Waals surface area contributed by atoms with Gasteiger partial charge in [0.2, 0.25) is 0 Å². The number of pyridine rings is 1. The van der Waals surface area contributed by atoms with Gasteiger partial charge in [-0.3, -0.25) is 14.4 Å². The average Bonchev–Trinajstić information content (AvgIpc) is 2.74. The van der Waals surface area contributed by atoms with Gasteiger partial charge in [0.15, 0.2) is 5.78 Å². The number of nitrogens with zero attached hydrogens (tertiary/aromatic N) is 2. The molecule has 7 nitrogen and oxygen atoms in total. The molecule has 1 heterocycles. The number of carbonyl (C=O) groups excluding carboxylic acids is 3. The summed E-state index contributed by atoms with van der Waals surface area (Å²) in [6, 6.07) is 19.6. The van der Waals surface area contributed by atoms with Crippen molar-refractivity contribution < 1.29 is 14.4 Å². The van der Waals surface area contributed by atoms with Crippen LogP contribution in [0, 0.1) is 11.3 Å². The molecule has 3 rings (SSSR count). The number of ketones is 1. The number of hydrogen-bond donors (Lipinski definition) is 2. The Morgan fingerprint density at radius 3 is 2.21 bits per heavy atom. The van der Waals surface area contributed by atoms with E-state index in [-0.39, 0.29) is 17.2 Å². The number of nitriles is 1. The van der Waals surface area contributed by atoms with Gasteiger partial charge in [0.05, 0.1) is 11.3 Å². The maximum Gasteiger partial charge on any atom is 0.274 e. The predicted octanol–water partition coefficient (Wildman–Crippen LogP) is 3.66. The summed E-state index contributed by atoms with van der Waals surface area (Å²) in [7, 11) is 0. The molecule has 0 aliphatic carbocycles. The number of anilines is 2. The molecule has 0 aliphatic rings. The van der Waals surface area contributed by atoms with Gasteiger partial charge in [-0.25, -0.2) is 4.98 Å². The second-order valence-corrected chi connectivity index (χ2v) is 6.11. The Kier molecular flexibility index (Phi) is 5.76. The van der Waals surface area contributed by atoms with E-state index in [1.165, 1.54) is 19.1 Å². The summed E-state index contributed by atoms with van der Waals surface area (Å²) in [5.41, 5.74) is 1.67. The lowest BCUT2D eigenvalue weighted by Gasteiger charge is -2.08. The highest BCUT2D eigenvalue weighted by Gasteiger charge is 2.14. The van der Waals surface area contributed by atoms with Crippen LogP contribution in [0.3, 0.4) is 0 Å². The summed E-state index contributed by atoms with van der Waals surface area (Å²) in [4.78, 5) is 40.6. The van der Waals surface area contributed by atoms with Gasteiger partial charge in [0.25, 0.3) is 11.8 Å². The number of para-hydroxylation sites is 1. The zero-order valence-corrected chi connectivity index (χ0v) is 15.5. The first-order valence-corrected chi connectivity index (χ1v) is 8.68. The van der Waals surface area contributed by atoms with Gasteiger partial charge in [0, 0.05) is 11.3 Å². The van der Waals surface area contributed by atoms with E-state index in [1.807, 2.05) is 6.07 Å². The highest BCUT2D eigenvalue weighted by Crippen LogP contribution is 2.15. The quantitative estimate of drug-likeness (QED) is 0.652. The fourth-order valence-corrected chi connectivity index (χ4v) is 2.57. The van der Waals surface area contributed by atoms with Crippen LogP contribution in [0.4, 0.5) is 11.4 Å². The van der Waals surface area contributed by atoms with Gasteiger partial charge in [-0.15, -0.1) is 0 Å². The summed E-state index contributed by atoms with van der Waals surface area (Å²) < 4.78 is 0. The molecule has 2 aromatic carbocycles. The number of hydrogen-bond acceptors (Lipinski definition) is 5. The van der Waals surface area contributed by atoms with Crippen LogP contribution in [0.2, 0.25) is 0 Å². The van der Waals surface area contributed by atoms with E-state index in [0.29, 0.717) is 22.5 Å². The molecule has 0 unspecified atom stereocenters. The molecular weight excluding hydrogens is 368 g/mol. The standard InChI is InChI=1S/C22H16N4O3/c1-14(27)15-7-4-8-17(12-15)24-21(28)19-10-5-11-20(25-19)22(29)26-18-9-3-2-6-16(18)13-23/h2-12H,1H3,(H,24,28)(H,26,29). The Morgan fingerprint density at radius 2 is 1.52 bits per heavy atom. The second-order valence-electron chi connectivity index (χ2n) is 6.11. The number of aromatic nitrogens is 1. The number of Topliss-reactive ketones (excluding diaryl/α,β-unsaturated/α-hetero) is 1. The molecule has 7 heteroatoms. The normalized spacial score (nSPS) is 9.93. The Balaban J connectivity index is 1.77. The lowest BCUT2D eigenvalue weighted by Crippen LogP contribution is -2.19. The molecule has 2 amide bonds. The van der Waals surface area contributed by atoms with Crippen LogP contribution in [-0.4, -0.2) is 22.6 Å². The van der Waals surface area contributed by atoms with E-state index in [4.69, 9.17) is 5.26 Å². The van der Waals surface area contributed by atoms with Crippen molar-refractivity contribution >= 4 is 29.0 Å². The molecular formula is C22H16N4O3. The number of carbonyl (C=O) groups is 3. The molecule has 0 bridgehead atoms. The van der Waals surface area contributed by atoms with Crippen molar-refractivity contribution in [1.29, 1.82) is 5.26 Å². The molecule has 0 fully saturated rings. The summed E-state index contributed by atoms with van der Waals surface area (Å²) in [5.74, 6) is -1.17. The Bertz CT molecular complexity index is 1150. The van der Waals surface area contributed by atoms with Crippen molar-refractivity contribution in [1.82, 2.24) is 4.98 Å². The number of nitrogens with one attached hydrogen (secondary N) is 2. The molecule has 142 valence electrons. The second kappa shape index (κ2) is 8.59. The van der Waals surface area contributed by atoms with Crippen molar-refractivity contribution in [2.45, 2.75) is 6.92 Å². The van der Waals surface area contributed by atoms with Crippen LogP contribution in [0.25, 0.3) is 0 Å². The smallest absolute Gasteiger partial charge is 0.274 e. The van der Waals surface area contributed by atoms with Crippen LogP contribution in [0.5, 0.6) is 0 Å². The van der Waals surface area contributed by atoms with Gasteiger partial charge in [0.1, 0.15) is 17.5 Å². The first-order chi connectivity index (χ1) is 14.0. The fourth-order valence-electron chi connectivity index (χ4n) is 2.57. The monoisotopic (exact) mass is 384 g/mol. The van der Waals surface area contributed by atoms with E-state index in [0.717, 1.165) is 0 Å². The van der Waals surface area contributed by atoms with E-state index in [1.54, 1.807) is 54.6 Å². The van der Waals surface area contributed by atoms with Crippen LogP contribution in [0.15, 0.2) is 66.7 Å². The molecule has 0 aliphatic heterocycles.